The van der Waals surface area contributed by atoms with E-state index in [0.29, 0.717) is 28.3 Å². The van der Waals surface area contributed by atoms with Crippen LogP contribution in [-0.4, -0.2) is 20.1 Å². The third kappa shape index (κ3) is 3.34. The van der Waals surface area contributed by atoms with E-state index in [4.69, 9.17) is 15.9 Å². The highest BCUT2D eigenvalue weighted by Crippen LogP contribution is 2.27. The van der Waals surface area contributed by atoms with Crippen LogP contribution >= 0.6 is 0 Å². The fraction of sp³-hybridized carbons (Fsp3) is 0.118. The lowest BCUT2D eigenvalue weighted by Crippen LogP contribution is -2.12. The number of nitrogens with one attached hydrogen (secondary N) is 1. The third-order valence-electron chi connectivity index (χ3n) is 2.93. The Labute approximate surface area is 123 Å². The van der Waals surface area contributed by atoms with Gasteiger partial charge in [0.25, 0.3) is 5.91 Å². The van der Waals surface area contributed by atoms with Gasteiger partial charge < -0.3 is 14.8 Å². The van der Waals surface area contributed by atoms with Gasteiger partial charge in [0.15, 0.2) is 11.5 Å². The van der Waals surface area contributed by atoms with Crippen LogP contribution in [0.15, 0.2) is 42.5 Å². The molecule has 0 aliphatic carbocycles. The molecule has 0 saturated heterocycles. The van der Waals surface area contributed by atoms with Crippen molar-refractivity contribution in [1.82, 2.24) is 0 Å². The van der Waals surface area contributed by atoms with Gasteiger partial charge in [0.05, 0.1) is 14.2 Å². The molecule has 0 aromatic heterocycles. The van der Waals surface area contributed by atoms with Crippen LogP contribution < -0.4 is 14.8 Å². The van der Waals surface area contributed by atoms with Crippen LogP contribution in [0.1, 0.15) is 15.9 Å². The highest BCUT2D eigenvalue weighted by molar-refractivity contribution is 6.04. The number of carbonyl (C=O) groups excluding carboxylic acids is 1. The number of amides is 1. The van der Waals surface area contributed by atoms with Gasteiger partial charge in [-0.25, -0.2) is 0 Å². The van der Waals surface area contributed by atoms with E-state index < -0.39 is 0 Å². The minimum Gasteiger partial charge on any atom is -0.493 e. The molecule has 2 aromatic rings. The quantitative estimate of drug-likeness (QED) is 0.876. The Balaban J connectivity index is 2.22. The maximum absolute atomic E-state index is 12.2. The minimum atomic E-state index is -0.245. The highest BCUT2D eigenvalue weighted by atomic mass is 16.5. The first-order chi connectivity index (χ1) is 10.2. The second-order valence-corrected chi connectivity index (χ2v) is 4.25. The van der Waals surface area contributed by atoms with Crippen molar-refractivity contribution in [2.24, 2.45) is 0 Å². The van der Waals surface area contributed by atoms with Gasteiger partial charge in [-0.3, -0.25) is 4.79 Å². The Hall–Kier alpha value is -2.93. The molecule has 0 fully saturated rings. The Morgan fingerprint density at radius 1 is 1.10 bits per heavy atom. The molecule has 0 bridgehead atoms. The van der Waals surface area contributed by atoms with E-state index in [-0.39, 0.29) is 5.91 Å². The summed E-state index contributed by atoms with van der Waals surface area (Å²) in [4.78, 5) is 12.2. The Bertz CT molecular complexity index is 701. The van der Waals surface area contributed by atoms with Crippen LogP contribution in [0.25, 0.3) is 0 Å². The number of benzene rings is 2. The van der Waals surface area contributed by atoms with E-state index in [0.717, 1.165) is 0 Å². The Morgan fingerprint density at radius 3 is 2.52 bits per heavy atom. The van der Waals surface area contributed by atoms with E-state index in [1.807, 2.05) is 0 Å². The zero-order valence-electron chi connectivity index (χ0n) is 11.8. The zero-order chi connectivity index (χ0) is 15.2. The molecule has 0 heterocycles. The first-order valence-corrected chi connectivity index (χ1v) is 6.28. The van der Waals surface area contributed by atoms with Gasteiger partial charge in [-0.15, -0.1) is 6.42 Å². The van der Waals surface area contributed by atoms with E-state index in [2.05, 4.69) is 11.2 Å². The summed E-state index contributed by atoms with van der Waals surface area (Å²) < 4.78 is 10.3. The van der Waals surface area contributed by atoms with E-state index in [9.17, 15) is 4.79 Å². The van der Waals surface area contributed by atoms with Crippen molar-refractivity contribution in [2.75, 3.05) is 19.5 Å². The molecular formula is C17H15NO3. The molecule has 106 valence electrons. The van der Waals surface area contributed by atoms with Gasteiger partial charge in [-0.1, -0.05) is 12.0 Å². The van der Waals surface area contributed by atoms with Crippen molar-refractivity contribution >= 4 is 11.6 Å². The lowest BCUT2D eigenvalue weighted by atomic mass is 10.1. The van der Waals surface area contributed by atoms with Crippen molar-refractivity contribution in [2.45, 2.75) is 0 Å². The maximum atomic E-state index is 12.2. The number of ether oxygens (including phenoxy) is 2. The normalized spacial score (nSPS) is 9.57. The SMILES string of the molecule is C#Cc1cccc(NC(=O)c2ccc(OC)c(OC)c2)c1. The topological polar surface area (TPSA) is 47.6 Å². The fourth-order valence-corrected chi connectivity index (χ4v) is 1.87. The third-order valence-corrected chi connectivity index (χ3v) is 2.93. The van der Waals surface area contributed by atoms with Crippen LogP contribution in [0.3, 0.4) is 0 Å². The molecule has 0 spiro atoms. The average molecular weight is 281 g/mol. The van der Waals surface area contributed by atoms with Gasteiger partial charge >= 0.3 is 0 Å². The van der Waals surface area contributed by atoms with Crippen molar-refractivity contribution in [3.63, 3.8) is 0 Å². The molecule has 0 saturated carbocycles. The number of terminal acetylenes is 1. The molecule has 2 aromatic carbocycles. The molecule has 21 heavy (non-hydrogen) atoms. The molecule has 4 nitrogen and oxygen atoms in total. The Kier molecular flexibility index (Phi) is 4.47. The molecule has 0 atom stereocenters. The van der Waals surface area contributed by atoms with Gasteiger partial charge in [0.1, 0.15) is 0 Å². The van der Waals surface area contributed by atoms with Crippen molar-refractivity contribution < 1.29 is 14.3 Å². The van der Waals surface area contributed by atoms with Crippen LogP contribution in [0.4, 0.5) is 5.69 Å². The number of anilines is 1. The molecule has 0 aliphatic heterocycles. The van der Waals surface area contributed by atoms with Crippen LogP contribution in [0.2, 0.25) is 0 Å². The number of hydrogen-bond acceptors (Lipinski definition) is 3. The lowest BCUT2D eigenvalue weighted by Gasteiger charge is -2.10. The number of rotatable bonds is 4. The zero-order valence-corrected chi connectivity index (χ0v) is 11.8. The number of methoxy groups -OCH3 is 2. The molecule has 1 amide bonds. The largest absolute Gasteiger partial charge is 0.493 e. The predicted octanol–water partition coefficient (Wildman–Crippen LogP) is 2.94. The summed E-state index contributed by atoms with van der Waals surface area (Å²) in [7, 11) is 3.07. The molecule has 0 radical (unpaired) electrons. The average Bonchev–Trinajstić information content (AvgIpc) is 2.54. The molecular weight excluding hydrogens is 266 g/mol. The standard InChI is InChI=1S/C17H15NO3/c1-4-12-6-5-7-14(10-12)18-17(19)13-8-9-15(20-2)16(11-13)21-3/h1,5-11H,2-3H3,(H,18,19). The summed E-state index contributed by atoms with van der Waals surface area (Å²) in [5.74, 6) is 3.36. The monoisotopic (exact) mass is 281 g/mol. The first-order valence-electron chi connectivity index (χ1n) is 6.28. The molecule has 2 rings (SSSR count). The lowest BCUT2D eigenvalue weighted by molar-refractivity contribution is 0.102. The summed E-state index contributed by atoms with van der Waals surface area (Å²) in [6, 6.07) is 12.1. The summed E-state index contributed by atoms with van der Waals surface area (Å²) in [5, 5.41) is 2.79. The smallest absolute Gasteiger partial charge is 0.255 e. The summed E-state index contributed by atoms with van der Waals surface area (Å²) >= 11 is 0. The van der Waals surface area contributed by atoms with Crippen molar-refractivity contribution in [3.05, 3.63) is 53.6 Å². The minimum absolute atomic E-state index is 0.245. The molecule has 0 aliphatic rings. The second kappa shape index (κ2) is 6.49. The van der Waals surface area contributed by atoms with Crippen molar-refractivity contribution in [1.29, 1.82) is 0 Å². The highest BCUT2D eigenvalue weighted by Gasteiger charge is 2.11. The molecule has 4 heteroatoms. The number of hydrogen-bond donors (Lipinski definition) is 1. The first kappa shape index (κ1) is 14.5. The van der Waals surface area contributed by atoms with Gasteiger partial charge in [-0.2, -0.15) is 0 Å². The molecule has 1 N–H and O–H groups in total. The fourth-order valence-electron chi connectivity index (χ4n) is 1.87. The summed E-state index contributed by atoms with van der Waals surface area (Å²) in [6.45, 7) is 0. The van der Waals surface area contributed by atoms with Gasteiger partial charge in [0, 0.05) is 16.8 Å². The van der Waals surface area contributed by atoms with Gasteiger partial charge in [0.2, 0.25) is 0 Å². The van der Waals surface area contributed by atoms with Crippen LogP contribution in [0, 0.1) is 12.3 Å². The van der Waals surface area contributed by atoms with Gasteiger partial charge in [-0.05, 0) is 36.4 Å². The summed E-state index contributed by atoms with van der Waals surface area (Å²) in [5.41, 5.74) is 1.82. The Morgan fingerprint density at radius 2 is 1.86 bits per heavy atom. The number of carbonyl (C=O) groups is 1. The maximum Gasteiger partial charge on any atom is 0.255 e. The van der Waals surface area contributed by atoms with E-state index >= 15 is 0 Å². The summed E-state index contributed by atoms with van der Waals surface area (Å²) in [6.07, 6.45) is 5.34. The van der Waals surface area contributed by atoms with Crippen LogP contribution in [0.5, 0.6) is 11.5 Å². The second-order valence-electron chi connectivity index (χ2n) is 4.25. The van der Waals surface area contributed by atoms with E-state index in [1.165, 1.54) is 7.11 Å². The predicted molar refractivity (Wildman–Crippen MR) is 81.9 cm³/mol. The van der Waals surface area contributed by atoms with E-state index in [1.54, 1.807) is 49.6 Å². The van der Waals surface area contributed by atoms with Crippen LogP contribution in [-0.2, 0) is 0 Å². The molecule has 0 unspecified atom stereocenters. The van der Waals surface area contributed by atoms with Crippen molar-refractivity contribution in [3.8, 4) is 23.8 Å².